The number of urea groups is 1. The fraction of sp³-hybridized carbons (Fsp3) is 0.400. The van der Waals surface area contributed by atoms with Gasteiger partial charge < -0.3 is 10.2 Å². The van der Waals surface area contributed by atoms with Crippen LogP contribution in [0.1, 0.15) is 59.4 Å². The number of hydrogen-bond donors (Lipinski definition) is 2. The summed E-state index contributed by atoms with van der Waals surface area (Å²) in [5, 5.41) is 9.58. The number of alkyl halides is 3. The first-order valence-corrected chi connectivity index (χ1v) is 12.6. The Balaban J connectivity index is 1.24. The Labute approximate surface area is 218 Å². The molecule has 4 heterocycles. The molecule has 1 saturated heterocycles. The van der Waals surface area contributed by atoms with Gasteiger partial charge in [0.25, 0.3) is 0 Å². The number of nitrogens with one attached hydrogen (secondary N) is 2. The number of fused-ring (bicyclic) bond motifs is 3. The van der Waals surface area contributed by atoms with E-state index in [9.17, 15) is 27.6 Å². The minimum absolute atomic E-state index is 0.0201. The van der Waals surface area contributed by atoms with Crippen molar-refractivity contribution in [2.45, 2.75) is 48.6 Å². The number of benzene rings is 1. The third-order valence-corrected chi connectivity index (χ3v) is 8.30. The molecular weight excluding hydrogens is 525 g/mol. The molecule has 1 spiro atoms. The molecule has 0 bridgehead atoms. The first kappa shape index (κ1) is 23.4. The Morgan fingerprint density at radius 3 is 2.63 bits per heavy atom. The van der Waals surface area contributed by atoms with E-state index < -0.39 is 41.9 Å². The number of imide groups is 1. The molecular formula is C25H20ClF3N6O3. The number of carbonyl (C=O) groups is 3. The van der Waals surface area contributed by atoms with Gasteiger partial charge in [0.2, 0.25) is 11.8 Å². The molecule has 38 heavy (non-hydrogen) atoms. The second-order valence-corrected chi connectivity index (χ2v) is 10.8. The predicted molar refractivity (Wildman–Crippen MR) is 128 cm³/mol. The van der Waals surface area contributed by atoms with E-state index >= 15 is 0 Å². The number of hydrogen-bond acceptors (Lipinski definition) is 5. The number of halogens is 4. The van der Waals surface area contributed by atoms with E-state index in [1.54, 1.807) is 18.2 Å². The quantitative estimate of drug-likeness (QED) is 0.522. The van der Waals surface area contributed by atoms with Gasteiger partial charge in [0.05, 0.1) is 23.2 Å². The fourth-order valence-electron chi connectivity index (χ4n) is 5.94. The number of rotatable bonds is 4. The molecule has 7 rings (SSSR count). The van der Waals surface area contributed by atoms with Crippen molar-refractivity contribution in [1.29, 1.82) is 0 Å². The smallest absolute Gasteiger partial charge is 0.337 e. The molecule has 3 atom stereocenters. The van der Waals surface area contributed by atoms with Crippen molar-refractivity contribution >= 4 is 40.8 Å². The third-order valence-electron chi connectivity index (χ3n) is 8.04. The van der Waals surface area contributed by atoms with E-state index in [2.05, 4.69) is 20.7 Å². The highest BCUT2D eigenvalue weighted by atomic mass is 35.5. The van der Waals surface area contributed by atoms with Gasteiger partial charge >= 0.3 is 12.2 Å². The number of amides is 4. The minimum Gasteiger partial charge on any atom is -0.337 e. The van der Waals surface area contributed by atoms with E-state index in [0.717, 1.165) is 16.0 Å². The van der Waals surface area contributed by atoms with Crippen LogP contribution in [0.25, 0.3) is 5.65 Å². The van der Waals surface area contributed by atoms with E-state index in [1.807, 2.05) is 6.07 Å². The SMILES string of the molecule is O=C1NCC(c2cc([C@H]3C[C@@H]3c3ccc4c(c3)N(CC(F)(F)F)C(=O)C43CC3)c3ncc(Cl)n3n2)C(=O)N1. The number of anilines is 1. The van der Waals surface area contributed by atoms with Crippen molar-refractivity contribution in [3.8, 4) is 0 Å². The number of nitrogens with zero attached hydrogens (tertiary/aromatic N) is 4. The van der Waals surface area contributed by atoms with Crippen molar-refractivity contribution in [2.24, 2.45) is 0 Å². The lowest BCUT2D eigenvalue weighted by Crippen LogP contribution is -2.51. The van der Waals surface area contributed by atoms with E-state index in [1.165, 1.54) is 10.7 Å². The molecule has 1 unspecified atom stereocenters. The molecule has 3 fully saturated rings. The van der Waals surface area contributed by atoms with Gasteiger partial charge in [0.15, 0.2) is 10.8 Å². The Kier molecular flexibility index (Phi) is 4.74. The molecule has 4 aliphatic rings. The van der Waals surface area contributed by atoms with Crippen molar-refractivity contribution in [1.82, 2.24) is 25.2 Å². The van der Waals surface area contributed by atoms with Crippen LogP contribution in [0.15, 0.2) is 30.5 Å². The standard InChI is InChI=1S/C25H20ClF3N6O3/c26-19-9-30-20-14(7-17(33-35(19)20)15-8-31-23(38)32-21(15)36)13-6-12(13)11-1-2-16-18(5-11)34(10-25(27,28)29)22(37)24(16)3-4-24/h1-2,5,7,9,12-13,15H,3-4,6,8,10H2,(H2,31,32,36,38)/t12-,13+,15?/m1/s1. The summed E-state index contributed by atoms with van der Waals surface area (Å²) in [6.45, 7) is -1.22. The fourth-order valence-corrected chi connectivity index (χ4v) is 6.11. The molecule has 2 N–H and O–H groups in total. The predicted octanol–water partition coefficient (Wildman–Crippen LogP) is 3.52. The zero-order valence-corrected chi connectivity index (χ0v) is 20.4. The van der Waals surface area contributed by atoms with Crippen LogP contribution in [0.5, 0.6) is 0 Å². The van der Waals surface area contributed by atoms with Crippen LogP contribution in [-0.4, -0.2) is 51.7 Å². The lowest BCUT2D eigenvalue weighted by atomic mass is 9.95. The van der Waals surface area contributed by atoms with Crippen LogP contribution >= 0.6 is 11.6 Å². The number of imidazole rings is 1. The van der Waals surface area contributed by atoms with E-state index in [0.29, 0.717) is 41.9 Å². The second-order valence-electron chi connectivity index (χ2n) is 10.4. The summed E-state index contributed by atoms with van der Waals surface area (Å²) in [7, 11) is 0. The van der Waals surface area contributed by atoms with Crippen molar-refractivity contribution in [2.75, 3.05) is 18.0 Å². The molecule has 196 valence electrons. The first-order chi connectivity index (χ1) is 18.1. The topological polar surface area (TPSA) is 109 Å². The average Bonchev–Trinajstić information content (AvgIpc) is 3.77. The highest BCUT2D eigenvalue weighted by Gasteiger charge is 2.60. The van der Waals surface area contributed by atoms with Gasteiger partial charge in [-0.15, -0.1) is 0 Å². The second kappa shape index (κ2) is 7.68. The van der Waals surface area contributed by atoms with Crippen LogP contribution in [0.3, 0.4) is 0 Å². The Morgan fingerprint density at radius 2 is 1.92 bits per heavy atom. The molecule has 2 aliphatic carbocycles. The van der Waals surface area contributed by atoms with Crippen molar-refractivity contribution in [3.63, 3.8) is 0 Å². The van der Waals surface area contributed by atoms with Crippen LogP contribution in [0.2, 0.25) is 5.15 Å². The summed E-state index contributed by atoms with van der Waals surface area (Å²) in [5.74, 6) is -1.73. The van der Waals surface area contributed by atoms with Crippen LogP contribution < -0.4 is 15.5 Å². The number of carbonyl (C=O) groups excluding carboxylic acids is 3. The average molecular weight is 545 g/mol. The van der Waals surface area contributed by atoms with Crippen molar-refractivity contribution in [3.05, 3.63) is 58.0 Å². The van der Waals surface area contributed by atoms with Gasteiger partial charge in [-0.3, -0.25) is 14.9 Å². The lowest BCUT2D eigenvalue weighted by Gasteiger charge is -2.22. The normalized spacial score (nSPS) is 25.5. The zero-order chi connectivity index (χ0) is 26.6. The molecule has 3 aromatic rings. The maximum absolute atomic E-state index is 13.3. The molecule has 0 radical (unpaired) electrons. The van der Waals surface area contributed by atoms with Gasteiger partial charge in [0, 0.05) is 17.8 Å². The maximum atomic E-state index is 13.3. The summed E-state index contributed by atoms with van der Waals surface area (Å²) in [6.07, 6.45) is -1.22. The molecule has 2 aromatic heterocycles. The molecule has 13 heteroatoms. The molecule has 2 saturated carbocycles. The van der Waals surface area contributed by atoms with Gasteiger partial charge in [-0.1, -0.05) is 23.7 Å². The van der Waals surface area contributed by atoms with Crippen LogP contribution in [0.4, 0.5) is 23.7 Å². The highest BCUT2D eigenvalue weighted by Crippen LogP contribution is 2.60. The maximum Gasteiger partial charge on any atom is 0.406 e. The summed E-state index contributed by atoms with van der Waals surface area (Å²) in [4.78, 5) is 42.2. The monoisotopic (exact) mass is 544 g/mol. The van der Waals surface area contributed by atoms with E-state index in [4.69, 9.17) is 11.6 Å². The lowest BCUT2D eigenvalue weighted by molar-refractivity contribution is -0.132. The van der Waals surface area contributed by atoms with Gasteiger partial charge in [-0.05, 0) is 54.4 Å². The van der Waals surface area contributed by atoms with Gasteiger partial charge in [-0.25, -0.2) is 14.3 Å². The largest absolute Gasteiger partial charge is 0.406 e. The Hall–Kier alpha value is -3.67. The Morgan fingerprint density at radius 1 is 1.13 bits per heavy atom. The van der Waals surface area contributed by atoms with E-state index in [-0.39, 0.29) is 23.5 Å². The molecule has 9 nitrogen and oxygen atoms in total. The summed E-state index contributed by atoms with van der Waals surface area (Å²) < 4.78 is 41.4. The van der Waals surface area contributed by atoms with Crippen molar-refractivity contribution < 1.29 is 27.6 Å². The van der Waals surface area contributed by atoms with Crippen LogP contribution in [-0.2, 0) is 15.0 Å². The molecule has 1 aromatic carbocycles. The summed E-state index contributed by atoms with van der Waals surface area (Å²) in [5.41, 5.74) is 2.79. The molecule has 2 aliphatic heterocycles. The van der Waals surface area contributed by atoms with Gasteiger partial charge in [0.1, 0.15) is 6.54 Å². The molecule has 4 amide bonds. The minimum atomic E-state index is -4.50. The number of aromatic nitrogens is 3. The van der Waals surface area contributed by atoms with Gasteiger partial charge in [-0.2, -0.15) is 18.3 Å². The third kappa shape index (κ3) is 3.49. The highest BCUT2D eigenvalue weighted by molar-refractivity contribution is 6.29. The zero-order valence-electron chi connectivity index (χ0n) is 19.7. The van der Waals surface area contributed by atoms with Crippen LogP contribution in [0, 0.1) is 0 Å². The Bertz CT molecular complexity index is 1570. The summed E-state index contributed by atoms with van der Waals surface area (Å²) in [6, 6.07) is 6.64. The first-order valence-electron chi connectivity index (χ1n) is 12.2. The summed E-state index contributed by atoms with van der Waals surface area (Å²) >= 11 is 6.31.